The summed E-state index contributed by atoms with van der Waals surface area (Å²) in [6.45, 7) is 12.3. The second-order valence-electron chi connectivity index (χ2n) is 10.5. The maximum Gasteiger partial charge on any atom is 0.312 e. The molecule has 196 valence electrons. The Labute approximate surface area is 209 Å². The first-order valence-electron chi connectivity index (χ1n) is 12.3. The summed E-state index contributed by atoms with van der Waals surface area (Å²) in [4.78, 5) is 49.1. The van der Waals surface area contributed by atoms with Crippen LogP contribution in [0.3, 0.4) is 0 Å². The molecule has 0 aliphatic rings. The number of nitrogens with one attached hydrogen (secondary N) is 4. The standard InChI is InChI=1S/C26H43N5O4/c1-7-9-21(32)31-22(17(2)3)24(34)30-20(10-8-15-28-25(27)35)23(33)29-19-13-11-18(12-14-19)16-26(4,5)6/h11-14,17,20,22H,7-10,15-16H2,1-6H3,(H,29,33)(H,30,34)(H,31,32)(H3,27,28,35)/t20-,22-/m0/s1. The number of hydrogen-bond acceptors (Lipinski definition) is 4. The first kappa shape index (κ1) is 29.9. The summed E-state index contributed by atoms with van der Waals surface area (Å²) in [7, 11) is 0. The number of hydrogen-bond donors (Lipinski definition) is 5. The van der Waals surface area contributed by atoms with Crippen molar-refractivity contribution in [3.8, 4) is 0 Å². The Hall–Kier alpha value is -3.10. The quantitative estimate of drug-likeness (QED) is 0.271. The van der Waals surface area contributed by atoms with Crippen LogP contribution in [0, 0.1) is 11.3 Å². The van der Waals surface area contributed by atoms with Gasteiger partial charge in [-0.3, -0.25) is 14.4 Å². The zero-order chi connectivity index (χ0) is 26.6. The SMILES string of the molecule is CCCC(=O)N[C@H](C(=O)N[C@@H](CCCNC(N)=O)C(=O)Nc1ccc(CC(C)(C)C)cc1)C(C)C. The zero-order valence-electron chi connectivity index (χ0n) is 22.0. The Morgan fingerprint density at radius 3 is 2.11 bits per heavy atom. The molecule has 9 nitrogen and oxygen atoms in total. The molecule has 5 amide bonds. The molecule has 0 aliphatic heterocycles. The smallest absolute Gasteiger partial charge is 0.312 e. The van der Waals surface area contributed by atoms with Gasteiger partial charge in [0.1, 0.15) is 12.1 Å². The van der Waals surface area contributed by atoms with Gasteiger partial charge in [-0.05, 0) is 54.7 Å². The zero-order valence-corrected chi connectivity index (χ0v) is 22.0. The van der Waals surface area contributed by atoms with E-state index in [1.165, 1.54) is 5.56 Å². The minimum Gasteiger partial charge on any atom is -0.352 e. The number of urea groups is 1. The largest absolute Gasteiger partial charge is 0.352 e. The normalized spacial score (nSPS) is 13.0. The van der Waals surface area contributed by atoms with Crippen molar-refractivity contribution in [2.24, 2.45) is 17.1 Å². The summed E-state index contributed by atoms with van der Waals surface area (Å²) in [5, 5.41) is 10.9. The monoisotopic (exact) mass is 489 g/mol. The van der Waals surface area contributed by atoms with E-state index in [9.17, 15) is 19.2 Å². The van der Waals surface area contributed by atoms with E-state index in [0.717, 1.165) is 6.42 Å². The fourth-order valence-electron chi connectivity index (χ4n) is 3.60. The molecule has 1 rings (SSSR count). The van der Waals surface area contributed by atoms with Crippen LogP contribution in [0.2, 0.25) is 0 Å². The van der Waals surface area contributed by atoms with E-state index in [-0.39, 0.29) is 36.1 Å². The van der Waals surface area contributed by atoms with Crippen LogP contribution in [0.25, 0.3) is 0 Å². The van der Waals surface area contributed by atoms with Gasteiger partial charge in [-0.15, -0.1) is 0 Å². The molecule has 1 aromatic carbocycles. The summed E-state index contributed by atoms with van der Waals surface area (Å²) < 4.78 is 0. The molecule has 35 heavy (non-hydrogen) atoms. The summed E-state index contributed by atoms with van der Waals surface area (Å²) in [6.07, 6.45) is 2.62. The molecular weight excluding hydrogens is 446 g/mol. The molecule has 0 fully saturated rings. The van der Waals surface area contributed by atoms with Crippen LogP contribution >= 0.6 is 0 Å². The van der Waals surface area contributed by atoms with E-state index in [1.54, 1.807) is 0 Å². The number of primary amides is 1. The number of rotatable bonds is 13. The first-order chi connectivity index (χ1) is 16.3. The van der Waals surface area contributed by atoms with E-state index in [0.29, 0.717) is 24.9 Å². The van der Waals surface area contributed by atoms with Crippen LogP contribution in [0.4, 0.5) is 10.5 Å². The predicted molar refractivity (Wildman–Crippen MR) is 139 cm³/mol. The fourth-order valence-corrected chi connectivity index (χ4v) is 3.60. The molecule has 0 unspecified atom stereocenters. The van der Waals surface area contributed by atoms with E-state index in [2.05, 4.69) is 42.0 Å². The number of carbonyl (C=O) groups excluding carboxylic acids is 4. The van der Waals surface area contributed by atoms with Gasteiger partial charge in [-0.2, -0.15) is 0 Å². The van der Waals surface area contributed by atoms with Crippen LogP contribution < -0.4 is 27.0 Å². The van der Waals surface area contributed by atoms with Crippen LogP contribution in [0.5, 0.6) is 0 Å². The van der Waals surface area contributed by atoms with Crippen LogP contribution in [0.1, 0.15) is 72.8 Å². The van der Waals surface area contributed by atoms with Gasteiger partial charge < -0.3 is 27.0 Å². The molecule has 6 N–H and O–H groups in total. The van der Waals surface area contributed by atoms with Crippen molar-refractivity contribution >= 4 is 29.4 Å². The van der Waals surface area contributed by atoms with Crippen LogP contribution in [0.15, 0.2) is 24.3 Å². The van der Waals surface area contributed by atoms with E-state index in [4.69, 9.17) is 5.73 Å². The number of amides is 5. The van der Waals surface area contributed by atoms with Gasteiger partial charge in [0.2, 0.25) is 17.7 Å². The second kappa shape index (κ2) is 14.3. The Morgan fingerprint density at radius 1 is 0.971 bits per heavy atom. The molecular formula is C26H43N5O4. The second-order valence-corrected chi connectivity index (χ2v) is 10.5. The van der Waals surface area contributed by atoms with Gasteiger partial charge >= 0.3 is 6.03 Å². The maximum absolute atomic E-state index is 13.1. The van der Waals surface area contributed by atoms with E-state index in [1.807, 2.05) is 45.0 Å². The highest BCUT2D eigenvalue weighted by atomic mass is 16.2. The van der Waals surface area contributed by atoms with Crippen LogP contribution in [-0.2, 0) is 20.8 Å². The van der Waals surface area contributed by atoms with Crippen molar-refractivity contribution in [3.05, 3.63) is 29.8 Å². The van der Waals surface area contributed by atoms with Crippen molar-refractivity contribution in [2.45, 2.75) is 85.7 Å². The molecule has 0 spiro atoms. The third-order valence-electron chi connectivity index (χ3n) is 5.30. The Bertz CT molecular complexity index is 846. The van der Waals surface area contributed by atoms with E-state index >= 15 is 0 Å². The lowest BCUT2D eigenvalue weighted by Crippen LogP contribution is -2.54. The number of carbonyl (C=O) groups is 4. The highest BCUT2D eigenvalue weighted by Crippen LogP contribution is 2.21. The summed E-state index contributed by atoms with van der Waals surface area (Å²) in [5.41, 5.74) is 7.05. The van der Waals surface area contributed by atoms with Gasteiger partial charge in [0.25, 0.3) is 0 Å². The van der Waals surface area contributed by atoms with Crippen LogP contribution in [-0.4, -0.2) is 42.4 Å². The summed E-state index contributed by atoms with van der Waals surface area (Å²) in [6, 6.07) is 5.37. The third-order valence-corrected chi connectivity index (χ3v) is 5.30. The summed E-state index contributed by atoms with van der Waals surface area (Å²) in [5.74, 6) is -1.16. The first-order valence-corrected chi connectivity index (χ1v) is 12.3. The highest BCUT2D eigenvalue weighted by molar-refractivity contribution is 5.98. The van der Waals surface area contributed by atoms with Crippen molar-refractivity contribution < 1.29 is 19.2 Å². The Kier molecular flexibility index (Phi) is 12.3. The van der Waals surface area contributed by atoms with Gasteiger partial charge in [0.15, 0.2) is 0 Å². The minimum atomic E-state index is -0.851. The minimum absolute atomic E-state index is 0.151. The van der Waals surface area contributed by atoms with Gasteiger partial charge in [-0.1, -0.05) is 53.7 Å². The molecule has 0 saturated carbocycles. The molecule has 0 heterocycles. The highest BCUT2D eigenvalue weighted by Gasteiger charge is 2.28. The number of anilines is 1. The average Bonchev–Trinajstić information content (AvgIpc) is 2.74. The number of nitrogens with two attached hydrogens (primary N) is 1. The van der Waals surface area contributed by atoms with Crippen molar-refractivity contribution in [2.75, 3.05) is 11.9 Å². The van der Waals surface area contributed by atoms with Crippen molar-refractivity contribution in [3.63, 3.8) is 0 Å². The lowest BCUT2D eigenvalue weighted by atomic mass is 9.88. The molecule has 0 bridgehead atoms. The van der Waals surface area contributed by atoms with Crippen molar-refractivity contribution in [1.82, 2.24) is 16.0 Å². The number of benzene rings is 1. The lowest BCUT2D eigenvalue weighted by molar-refractivity contribution is -0.132. The molecule has 0 aromatic heterocycles. The van der Waals surface area contributed by atoms with Crippen molar-refractivity contribution in [1.29, 1.82) is 0 Å². The molecule has 1 aromatic rings. The maximum atomic E-state index is 13.1. The van der Waals surface area contributed by atoms with E-state index < -0.39 is 24.0 Å². The molecule has 0 saturated heterocycles. The fraction of sp³-hybridized carbons (Fsp3) is 0.615. The van der Waals surface area contributed by atoms with Gasteiger partial charge in [0.05, 0.1) is 0 Å². The van der Waals surface area contributed by atoms with Gasteiger partial charge in [0, 0.05) is 18.7 Å². The Balaban J connectivity index is 2.93. The topological polar surface area (TPSA) is 142 Å². The van der Waals surface area contributed by atoms with Gasteiger partial charge in [-0.25, -0.2) is 4.79 Å². The lowest BCUT2D eigenvalue weighted by Gasteiger charge is -2.25. The molecule has 0 radical (unpaired) electrons. The average molecular weight is 490 g/mol. The third kappa shape index (κ3) is 12.2. The predicted octanol–water partition coefficient (Wildman–Crippen LogP) is 3.09. The Morgan fingerprint density at radius 2 is 1.60 bits per heavy atom. The molecule has 9 heteroatoms. The molecule has 2 atom stereocenters. The summed E-state index contributed by atoms with van der Waals surface area (Å²) >= 11 is 0. The molecule has 0 aliphatic carbocycles.